The van der Waals surface area contributed by atoms with Gasteiger partial charge < -0.3 is 5.32 Å². The first kappa shape index (κ1) is 13.0. The Kier molecular flexibility index (Phi) is 3.39. The minimum absolute atomic E-state index is 0.0243. The van der Waals surface area contributed by atoms with Crippen LogP contribution in [0.3, 0.4) is 0 Å². The Bertz CT molecular complexity index is 555. The normalized spacial score (nSPS) is 11.6. The van der Waals surface area contributed by atoms with E-state index in [1.165, 1.54) is 6.07 Å². The van der Waals surface area contributed by atoms with E-state index < -0.39 is 0 Å². The quantitative estimate of drug-likeness (QED) is 0.865. The molecular formula is C14H17FN2S. The van der Waals surface area contributed by atoms with Crippen molar-refractivity contribution in [3.63, 3.8) is 0 Å². The van der Waals surface area contributed by atoms with Crippen molar-refractivity contribution in [1.29, 1.82) is 0 Å². The largest absolute Gasteiger partial charge is 0.357 e. The fourth-order valence-electron chi connectivity index (χ4n) is 1.67. The molecular weight excluding hydrogens is 247 g/mol. The van der Waals surface area contributed by atoms with Crippen molar-refractivity contribution in [3.05, 3.63) is 35.8 Å². The number of nitrogens with one attached hydrogen (secondary N) is 1. The van der Waals surface area contributed by atoms with Crippen molar-refractivity contribution in [2.24, 2.45) is 0 Å². The van der Waals surface area contributed by atoms with Crippen molar-refractivity contribution in [1.82, 2.24) is 4.98 Å². The number of benzene rings is 1. The summed E-state index contributed by atoms with van der Waals surface area (Å²) in [4.78, 5) is 5.50. The minimum atomic E-state index is -0.217. The van der Waals surface area contributed by atoms with Crippen LogP contribution in [0.4, 0.5) is 9.52 Å². The summed E-state index contributed by atoms with van der Waals surface area (Å²) in [6.45, 7) is 8.22. The molecule has 0 saturated carbocycles. The van der Waals surface area contributed by atoms with E-state index in [4.69, 9.17) is 0 Å². The van der Waals surface area contributed by atoms with Gasteiger partial charge in [0.05, 0.1) is 10.6 Å². The standard InChI is InChI=1S/C14H17FN2S/c1-9-12(10-6-5-7-11(15)8-10)18-13(16-9)17-14(2,3)4/h5-8H,1-4H3,(H,16,17). The molecule has 2 aromatic rings. The lowest BCUT2D eigenvalue weighted by Crippen LogP contribution is -2.25. The molecule has 1 N–H and O–H groups in total. The van der Waals surface area contributed by atoms with E-state index in [0.29, 0.717) is 0 Å². The first-order valence-corrected chi connectivity index (χ1v) is 6.68. The van der Waals surface area contributed by atoms with Crippen molar-refractivity contribution < 1.29 is 4.39 Å². The monoisotopic (exact) mass is 264 g/mol. The average molecular weight is 264 g/mol. The molecule has 0 bridgehead atoms. The zero-order chi connectivity index (χ0) is 13.3. The maximum atomic E-state index is 13.2. The summed E-state index contributed by atoms with van der Waals surface area (Å²) in [7, 11) is 0. The molecule has 2 nitrogen and oxygen atoms in total. The number of nitrogens with zero attached hydrogens (tertiary/aromatic N) is 1. The van der Waals surface area contributed by atoms with Gasteiger partial charge in [-0.05, 0) is 45.4 Å². The Morgan fingerprint density at radius 3 is 2.61 bits per heavy atom. The van der Waals surface area contributed by atoms with Crippen LogP contribution in [-0.4, -0.2) is 10.5 Å². The Hall–Kier alpha value is -1.42. The molecule has 0 radical (unpaired) electrons. The van der Waals surface area contributed by atoms with Crippen LogP contribution in [0.25, 0.3) is 10.4 Å². The lowest BCUT2D eigenvalue weighted by Gasteiger charge is -2.19. The summed E-state index contributed by atoms with van der Waals surface area (Å²) in [5.41, 5.74) is 1.79. The van der Waals surface area contributed by atoms with Crippen molar-refractivity contribution in [2.45, 2.75) is 33.2 Å². The second-order valence-corrected chi connectivity index (χ2v) is 6.32. The predicted molar refractivity (Wildman–Crippen MR) is 75.6 cm³/mol. The fourth-order valence-corrected chi connectivity index (χ4v) is 2.84. The summed E-state index contributed by atoms with van der Waals surface area (Å²) < 4.78 is 13.2. The van der Waals surface area contributed by atoms with Crippen LogP contribution in [0.2, 0.25) is 0 Å². The summed E-state index contributed by atoms with van der Waals surface area (Å²) in [5.74, 6) is -0.217. The number of hydrogen-bond acceptors (Lipinski definition) is 3. The van der Waals surface area contributed by atoms with Crippen LogP contribution >= 0.6 is 11.3 Å². The molecule has 0 aliphatic heterocycles. The predicted octanol–water partition coefficient (Wildman–Crippen LogP) is 4.47. The number of aromatic nitrogens is 1. The van der Waals surface area contributed by atoms with Gasteiger partial charge in [-0.25, -0.2) is 9.37 Å². The van der Waals surface area contributed by atoms with Crippen LogP contribution in [0.5, 0.6) is 0 Å². The summed E-state index contributed by atoms with van der Waals surface area (Å²) in [5, 5.41) is 4.21. The number of halogens is 1. The fraction of sp³-hybridized carbons (Fsp3) is 0.357. The number of hydrogen-bond donors (Lipinski definition) is 1. The van der Waals surface area contributed by atoms with Gasteiger partial charge in [0, 0.05) is 5.54 Å². The average Bonchev–Trinajstić information content (AvgIpc) is 2.56. The number of aryl methyl sites for hydroxylation is 1. The third-order valence-electron chi connectivity index (χ3n) is 2.37. The molecule has 18 heavy (non-hydrogen) atoms. The Labute approximate surface area is 111 Å². The first-order chi connectivity index (χ1) is 8.35. The van der Waals surface area contributed by atoms with E-state index in [2.05, 4.69) is 31.1 Å². The molecule has 0 spiro atoms. The van der Waals surface area contributed by atoms with Crippen LogP contribution in [0.15, 0.2) is 24.3 Å². The molecule has 1 aromatic carbocycles. The Balaban J connectivity index is 2.35. The van der Waals surface area contributed by atoms with E-state index in [1.807, 2.05) is 13.0 Å². The zero-order valence-electron chi connectivity index (χ0n) is 11.0. The molecule has 1 aromatic heterocycles. The van der Waals surface area contributed by atoms with E-state index in [1.54, 1.807) is 23.5 Å². The molecule has 0 aliphatic carbocycles. The Morgan fingerprint density at radius 2 is 2.00 bits per heavy atom. The van der Waals surface area contributed by atoms with Gasteiger partial charge in [-0.2, -0.15) is 0 Å². The summed E-state index contributed by atoms with van der Waals surface area (Å²) in [6, 6.07) is 6.63. The lowest BCUT2D eigenvalue weighted by molar-refractivity contribution is 0.628. The lowest BCUT2D eigenvalue weighted by atomic mass is 10.1. The van der Waals surface area contributed by atoms with Gasteiger partial charge in [-0.3, -0.25) is 0 Å². The number of rotatable bonds is 2. The van der Waals surface area contributed by atoms with Gasteiger partial charge in [-0.1, -0.05) is 23.5 Å². The molecule has 0 fully saturated rings. The van der Waals surface area contributed by atoms with E-state index in [-0.39, 0.29) is 11.4 Å². The van der Waals surface area contributed by atoms with E-state index in [9.17, 15) is 4.39 Å². The highest BCUT2D eigenvalue weighted by molar-refractivity contribution is 7.19. The van der Waals surface area contributed by atoms with Crippen LogP contribution in [0, 0.1) is 12.7 Å². The van der Waals surface area contributed by atoms with E-state index >= 15 is 0 Å². The highest BCUT2D eigenvalue weighted by Gasteiger charge is 2.15. The smallest absolute Gasteiger partial charge is 0.183 e. The molecule has 0 atom stereocenters. The SMILES string of the molecule is Cc1nc(NC(C)(C)C)sc1-c1cccc(F)c1. The van der Waals surface area contributed by atoms with Gasteiger partial charge in [0.25, 0.3) is 0 Å². The summed E-state index contributed by atoms with van der Waals surface area (Å²) >= 11 is 1.56. The maximum Gasteiger partial charge on any atom is 0.183 e. The Morgan fingerprint density at radius 1 is 1.28 bits per heavy atom. The second kappa shape index (κ2) is 4.69. The molecule has 2 rings (SSSR count). The van der Waals surface area contributed by atoms with Crippen LogP contribution in [-0.2, 0) is 0 Å². The molecule has 96 valence electrons. The zero-order valence-corrected chi connectivity index (χ0v) is 11.9. The summed E-state index contributed by atoms with van der Waals surface area (Å²) in [6.07, 6.45) is 0. The maximum absolute atomic E-state index is 13.2. The second-order valence-electron chi connectivity index (χ2n) is 5.32. The van der Waals surface area contributed by atoms with Crippen molar-refractivity contribution >= 4 is 16.5 Å². The van der Waals surface area contributed by atoms with Crippen molar-refractivity contribution in [2.75, 3.05) is 5.32 Å². The molecule has 1 heterocycles. The van der Waals surface area contributed by atoms with Crippen LogP contribution in [0.1, 0.15) is 26.5 Å². The third kappa shape index (κ3) is 3.07. The number of thiazole rings is 1. The van der Waals surface area contributed by atoms with Gasteiger partial charge >= 0.3 is 0 Å². The van der Waals surface area contributed by atoms with Gasteiger partial charge in [0.1, 0.15) is 5.82 Å². The van der Waals surface area contributed by atoms with Gasteiger partial charge in [0.2, 0.25) is 0 Å². The molecule has 0 amide bonds. The highest BCUT2D eigenvalue weighted by Crippen LogP contribution is 2.33. The third-order valence-corrected chi connectivity index (χ3v) is 3.49. The molecule has 0 unspecified atom stereocenters. The van der Waals surface area contributed by atoms with Crippen molar-refractivity contribution in [3.8, 4) is 10.4 Å². The topological polar surface area (TPSA) is 24.9 Å². The van der Waals surface area contributed by atoms with Gasteiger partial charge in [0.15, 0.2) is 5.13 Å². The molecule has 4 heteroatoms. The number of anilines is 1. The highest BCUT2D eigenvalue weighted by atomic mass is 32.1. The first-order valence-electron chi connectivity index (χ1n) is 5.87. The molecule has 0 aliphatic rings. The van der Waals surface area contributed by atoms with Gasteiger partial charge in [-0.15, -0.1) is 0 Å². The van der Waals surface area contributed by atoms with E-state index in [0.717, 1.165) is 21.3 Å². The van der Waals surface area contributed by atoms with Crippen LogP contribution < -0.4 is 5.32 Å². The minimum Gasteiger partial charge on any atom is -0.357 e. The molecule has 0 saturated heterocycles.